The van der Waals surface area contributed by atoms with E-state index in [0.717, 1.165) is 24.3 Å². The van der Waals surface area contributed by atoms with Gasteiger partial charge in [-0.05, 0) is 37.0 Å². The molecule has 2 aromatic heterocycles. The van der Waals surface area contributed by atoms with Crippen LogP contribution in [0.25, 0.3) is 5.52 Å². The van der Waals surface area contributed by atoms with Crippen LogP contribution in [0.15, 0.2) is 48.8 Å². The van der Waals surface area contributed by atoms with E-state index in [-0.39, 0.29) is 25.6 Å². The summed E-state index contributed by atoms with van der Waals surface area (Å²) >= 11 is 0. The molecule has 14 heteroatoms. The van der Waals surface area contributed by atoms with Gasteiger partial charge in [0.1, 0.15) is 41.9 Å². The SMILES string of the molecule is CC(C)CCCCCCCCCCCCCCOC[C@H](COP(=O)(O)OC1[C@H]2O[C@@](C)(c3ccc4c(N)ncnn34)[C@H](O)[C@@]12O)OCc1ccccc1. The molecular formula is C39H61N4O9P. The van der Waals surface area contributed by atoms with E-state index in [4.69, 9.17) is 29.0 Å². The summed E-state index contributed by atoms with van der Waals surface area (Å²) in [4.78, 5) is 14.6. The van der Waals surface area contributed by atoms with Gasteiger partial charge in [0.05, 0.1) is 25.5 Å². The van der Waals surface area contributed by atoms with Crippen molar-refractivity contribution in [2.75, 3.05) is 25.6 Å². The number of hydrogen-bond donors (Lipinski definition) is 4. The third kappa shape index (κ3) is 11.1. The van der Waals surface area contributed by atoms with E-state index < -0.39 is 43.4 Å². The Bertz CT molecular complexity index is 1600. The van der Waals surface area contributed by atoms with Gasteiger partial charge in [-0.3, -0.25) is 9.05 Å². The summed E-state index contributed by atoms with van der Waals surface area (Å²) in [5.41, 5.74) is 4.47. The number of ether oxygens (including phenoxy) is 3. The molecule has 1 aromatic carbocycles. The van der Waals surface area contributed by atoms with Crippen LogP contribution < -0.4 is 5.73 Å². The third-order valence-electron chi connectivity index (χ3n) is 10.5. The number of nitrogen functional groups attached to an aromatic ring is 1. The van der Waals surface area contributed by atoms with E-state index in [9.17, 15) is 19.7 Å². The number of nitrogens with two attached hydrogens (primary N) is 1. The second-order valence-corrected chi connectivity index (χ2v) is 16.7. The fourth-order valence-corrected chi connectivity index (χ4v) is 8.24. The molecule has 5 N–H and O–H groups in total. The molecule has 3 heterocycles. The number of phosphoric ester groups is 1. The summed E-state index contributed by atoms with van der Waals surface area (Å²) in [5, 5.41) is 26.8. The molecule has 7 atom stereocenters. The van der Waals surface area contributed by atoms with Gasteiger partial charge in [0.2, 0.25) is 0 Å². The highest BCUT2D eigenvalue weighted by Crippen LogP contribution is 2.63. The highest BCUT2D eigenvalue weighted by atomic mass is 31.2. The van der Waals surface area contributed by atoms with E-state index in [2.05, 4.69) is 23.9 Å². The number of aromatic nitrogens is 3. The number of aliphatic hydroxyl groups is 2. The summed E-state index contributed by atoms with van der Waals surface area (Å²) in [6, 6.07) is 12.9. The van der Waals surface area contributed by atoms with Crippen LogP contribution in [0, 0.1) is 5.92 Å². The highest BCUT2D eigenvalue weighted by Gasteiger charge is 2.82. The lowest BCUT2D eigenvalue weighted by Gasteiger charge is -2.32. The Kier molecular flexibility index (Phi) is 15.3. The van der Waals surface area contributed by atoms with Crippen LogP contribution in [0.2, 0.25) is 0 Å². The molecule has 2 fully saturated rings. The van der Waals surface area contributed by atoms with Gasteiger partial charge in [-0.1, -0.05) is 121 Å². The molecule has 1 aliphatic carbocycles. The fraction of sp³-hybridized carbons (Fsp3) is 0.692. The number of benzene rings is 1. The number of rotatable bonds is 26. The van der Waals surface area contributed by atoms with Gasteiger partial charge < -0.3 is 35.1 Å². The molecule has 13 nitrogen and oxygen atoms in total. The highest BCUT2D eigenvalue weighted by molar-refractivity contribution is 7.47. The Morgan fingerprint density at radius 3 is 2.21 bits per heavy atom. The molecule has 1 aliphatic heterocycles. The lowest BCUT2D eigenvalue weighted by atomic mass is 9.91. The molecule has 3 aromatic rings. The minimum atomic E-state index is -4.71. The quantitative estimate of drug-likeness (QED) is 0.0494. The number of fused-ring (bicyclic) bond motifs is 2. The summed E-state index contributed by atoms with van der Waals surface area (Å²) in [6.07, 6.45) is 13.3. The second kappa shape index (κ2) is 19.4. The van der Waals surface area contributed by atoms with E-state index in [0.29, 0.717) is 17.8 Å². The zero-order valence-corrected chi connectivity index (χ0v) is 32.6. The van der Waals surface area contributed by atoms with E-state index in [1.807, 2.05) is 30.3 Å². The normalized spacial score (nSPS) is 25.5. The predicted molar refractivity (Wildman–Crippen MR) is 202 cm³/mol. The monoisotopic (exact) mass is 760 g/mol. The standard InChI is InChI=1S/C39H61N4O9P/c1-29(2)19-15-12-10-8-6-4-5-7-9-11-13-18-24-48-26-31(49-25-30-20-16-14-17-21-30)27-50-53(46,47)52-35-34-39(35,45)37(44)38(3,51-34)33-23-22-32-36(40)41-28-42-43(32)33/h14,16-17,20-23,28-29,31,34-35,37,44-45H,4-13,15,18-19,24-27H2,1-3H3,(H,46,47)(H2,40,41,42)/t31-,34-,35?,37+,38+,39+/m1/s1. The van der Waals surface area contributed by atoms with Crippen molar-refractivity contribution < 1.29 is 42.9 Å². The molecule has 0 radical (unpaired) electrons. The van der Waals surface area contributed by atoms with Gasteiger partial charge in [0.15, 0.2) is 11.4 Å². The Labute approximate surface area is 314 Å². The zero-order chi connectivity index (χ0) is 37.9. The first kappa shape index (κ1) is 41.7. The molecule has 2 aliphatic rings. The van der Waals surface area contributed by atoms with Crippen molar-refractivity contribution in [2.45, 2.75) is 146 Å². The maximum atomic E-state index is 13.1. The average Bonchev–Trinajstić information content (AvgIpc) is 3.39. The van der Waals surface area contributed by atoms with Crippen molar-refractivity contribution in [1.82, 2.24) is 14.6 Å². The lowest BCUT2D eigenvalue weighted by Crippen LogP contribution is -2.46. The number of anilines is 1. The van der Waals surface area contributed by atoms with E-state index >= 15 is 0 Å². The number of nitrogens with zero attached hydrogens (tertiary/aromatic N) is 3. The Morgan fingerprint density at radius 2 is 1.58 bits per heavy atom. The molecule has 0 amide bonds. The van der Waals surface area contributed by atoms with E-state index in [1.165, 1.54) is 81.5 Å². The first-order chi connectivity index (χ1) is 25.5. The lowest BCUT2D eigenvalue weighted by molar-refractivity contribution is -0.127. The van der Waals surface area contributed by atoms with Crippen LogP contribution in [0.5, 0.6) is 0 Å². The largest absolute Gasteiger partial charge is 0.472 e. The summed E-state index contributed by atoms with van der Waals surface area (Å²) < 4.78 is 43.3. The molecule has 0 bridgehead atoms. The zero-order valence-electron chi connectivity index (χ0n) is 31.7. The van der Waals surface area contributed by atoms with Crippen LogP contribution in [-0.2, 0) is 40.0 Å². The number of hydrogen-bond acceptors (Lipinski definition) is 11. The smallest absolute Gasteiger partial charge is 0.386 e. The first-order valence-corrected chi connectivity index (χ1v) is 21.0. The maximum Gasteiger partial charge on any atom is 0.472 e. The van der Waals surface area contributed by atoms with Crippen molar-refractivity contribution in [3.63, 3.8) is 0 Å². The second-order valence-electron chi connectivity index (χ2n) is 15.3. The Morgan fingerprint density at radius 1 is 0.943 bits per heavy atom. The van der Waals surface area contributed by atoms with Crippen LogP contribution >= 0.6 is 7.82 Å². The molecule has 2 unspecified atom stereocenters. The van der Waals surface area contributed by atoms with Crippen LogP contribution in [-0.4, -0.2) is 79.5 Å². The number of unbranched alkanes of at least 4 members (excludes halogenated alkanes) is 11. The Balaban J connectivity index is 1.01. The summed E-state index contributed by atoms with van der Waals surface area (Å²) in [6.45, 7) is 6.90. The van der Waals surface area contributed by atoms with Gasteiger partial charge >= 0.3 is 7.82 Å². The van der Waals surface area contributed by atoms with Crippen molar-refractivity contribution in [3.8, 4) is 0 Å². The third-order valence-corrected chi connectivity index (χ3v) is 11.5. The van der Waals surface area contributed by atoms with Crippen molar-refractivity contribution in [1.29, 1.82) is 0 Å². The topological polar surface area (TPSA) is 180 Å². The molecule has 53 heavy (non-hydrogen) atoms. The molecule has 0 spiro atoms. The number of phosphoric acid groups is 1. The predicted octanol–water partition coefficient (Wildman–Crippen LogP) is 6.86. The van der Waals surface area contributed by atoms with Gasteiger partial charge in [-0.2, -0.15) is 5.10 Å². The van der Waals surface area contributed by atoms with Gasteiger partial charge in [0, 0.05) is 6.61 Å². The van der Waals surface area contributed by atoms with Crippen LogP contribution in [0.4, 0.5) is 5.82 Å². The van der Waals surface area contributed by atoms with Gasteiger partial charge in [-0.25, -0.2) is 14.1 Å². The molecule has 1 saturated carbocycles. The number of aliphatic hydroxyl groups excluding tert-OH is 1. The fourth-order valence-electron chi connectivity index (χ4n) is 7.26. The minimum Gasteiger partial charge on any atom is -0.386 e. The maximum absolute atomic E-state index is 13.1. The van der Waals surface area contributed by atoms with Crippen LogP contribution in [0.1, 0.15) is 115 Å². The van der Waals surface area contributed by atoms with Gasteiger partial charge in [-0.15, -0.1) is 0 Å². The van der Waals surface area contributed by atoms with Crippen molar-refractivity contribution in [3.05, 3.63) is 60.0 Å². The summed E-state index contributed by atoms with van der Waals surface area (Å²) in [5.74, 6) is 1.06. The molecule has 296 valence electrons. The molecule has 5 rings (SSSR count). The molecule has 1 saturated heterocycles. The van der Waals surface area contributed by atoms with Crippen molar-refractivity contribution >= 4 is 19.2 Å². The summed E-state index contributed by atoms with van der Waals surface area (Å²) in [7, 11) is -4.71. The Hall–Kier alpha value is -2.45. The van der Waals surface area contributed by atoms with Crippen LogP contribution in [0.3, 0.4) is 0 Å². The minimum absolute atomic E-state index is 0.166. The van der Waals surface area contributed by atoms with Gasteiger partial charge in [0.25, 0.3) is 0 Å². The average molecular weight is 761 g/mol. The van der Waals surface area contributed by atoms with E-state index in [1.54, 1.807) is 19.1 Å². The van der Waals surface area contributed by atoms with Crippen molar-refractivity contribution in [2.24, 2.45) is 5.92 Å². The first-order valence-electron chi connectivity index (χ1n) is 19.5. The molecular weight excluding hydrogens is 699 g/mol.